The van der Waals surface area contributed by atoms with Crippen molar-refractivity contribution < 1.29 is 14.0 Å². The molecule has 0 aromatic carbocycles. The van der Waals surface area contributed by atoms with Crippen LogP contribution in [0.25, 0.3) is 0 Å². The van der Waals surface area contributed by atoms with Crippen LogP contribution in [0.1, 0.15) is 22.5 Å². The minimum Gasteiger partial charge on any atom is -0.469 e. The molecule has 2 aromatic heterocycles. The van der Waals surface area contributed by atoms with Crippen LogP contribution < -0.4 is 4.90 Å². The van der Waals surface area contributed by atoms with E-state index in [9.17, 15) is 9.59 Å². The van der Waals surface area contributed by atoms with Crippen molar-refractivity contribution in [2.45, 2.75) is 18.9 Å². The van der Waals surface area contributed by atoms with Crippen molar-refractivity contribution in [1.29, 1.82) is 0 Å². The minimum absolute atomic E-state index is 0.00801. The molecule has 2 fully saturated rings. The van der Waals surface area contributed by atoms with E-state index in [-0.39, 0.29) is 17.4 Å². The molecule has 2 saturated heterocycles. The molecule has 2 amide bonds. The predicted molar refractivity (Wildman–Crippen MR) is 94.9 cm³/mol. The summed E-state index contributed by atoms with van der Waals surface area (Å²) in [5.41, 5.74) is 1.18. The zero-order valence-corrected chi connectivity index (χ0v) is 15.3. The lowest BCUT2D eigenvalue weighted by Gasteiger charge is -2.46. The molecule has 4 rings (SSSR count). The summed E-state index contributed by atoms with van der Waals surface area (Å²) in [5, 5.41) is 4.18. The number of likely N-dealkylation sites (N-methyl/N-ethyl adjacent to an activating group) is 1. The maximum Gasteiger partial charge on any atom is 0.257 e. The molecule has 138 valence electrons. The Bertz CT molecular complexity index is 857. The number of nitrogens with zero attached hydrogens (tertiary/aromatic N) is 5. The second-order valence-electron chi connectivity index (χ2n) is 7.30. The Balaban J connectivity index is 1.57. The van der Waals surface area contributed by atoms with E-state index in [0.29, 0.717) is 37.5 Å². The molecule has 8 heteroatoms. The van der Waals surface area contributed by atoms with Crippen LogP contribution in [0.2, 0.25) is 0 Å². The average Bonchev–Trinajstić information content (AvgIpc) is 3.31. The molecule has 0 bridgehead atoms. The third-order valence-electron chi connectivity index (χ3n) is 5.65. The first-order chi connectivity index (χ1) is 12.4. The summed E-state index contributed by atoms with van der Waals surface area (Å²) in [7, 11) is 3.80. The predicted octanol–water partition coefficient (Wildman–Crippen LogP) is 0.885. The summed E-state index contributed by atoms with van der Waals surface area (Å²) in [5.74, 6) is 0.688. The maximum atomic E-state index is 12.8. The lowest BCUT2D eigenvalue weighted by molar-refractivity contribution is -0.123. The second-order valence-corrected chi connectivity index (χ2v) is 7.30. The summed E-state index contributed by atoms with van der Waals surface area (Å²) in [6, 6.07) is 1.72. The standard InChI is InChI=1S/C18H23N5O3/c1-13-15(4-7-26-13)17(25)22-6-5-18(11-22)12-23(16(24)10-20(18)2)14-8-19-21(3)9-14/h4,7-9H,5-6,10-12H2,1-3H3/t18-/m0/s1. The number of anilines is 1. The van der Waals surface area contributed by atoms with Gasteiger partial charge in [-0.1, -0.05) is 0 Å². The quantitative estimate of drug-likeness (QED) is 0.798. The number of piperazine rings is 1. The molecule has 1 spiro atoms. The van der Waals surface area contributed by atoms with Gasteiger partial charge in [0.15, 0.2) is 0 Å². The van der Waals surface area contributed by atoms with Crippen molar-refractivity contribution in [2.75, 3.05) is 38.1 Å². The van der Waals surface area contributed by atoms with Gasteiger partial charge in [0.25, 0.3) is 5.91 Å². The highest BCUT2D eigenvalue weighted by atomic mass is 16.3. The van der Waals surface area contributed by atoms with E-state index in [0.717, 1.165) is 12.1 Å². The van der Waals surface area contributed by atoms with Gasteiger partial charge >= 0.3 is 0 Å². The Morgan fingerprint density at radius 3 is 2.77 bits per heavy atom. The lowest BCUT2D eigenvalue weighted by atomic mass is 9.93. The van der Waals surface area contributed by atoms with E-state index in [1.807, 2.05) is 25.2 Å². The largest absolute Gasteiger partial charge is 0.469 e. The summed E-state index contributed by atoms with van der Waals surface area (Å²) in [4.78, 5) is 31.1. The fourth-order valence-electron chi connectivity index (χ4n) is 3.99. The zero-order valence-electron chi connectivity index (χ0n) is 15.3. The van der Waals surface area contributed by atoms with Crippen LogP contribution in [0.15, 0.2) is 29.1 Å². The molecule has 1 atom stereocenters. The van der Waals surface area contributed by atoms with Crippen molar-refractivity contribution in [1.82, 2.24) is 19.6 Å². The molecule has 0 radical (unpaired) electrons. The molecule has 26 heavy (non-hydrogen) atoms. The SMILES string of the molecule is Cc1occc1C(=O)N1CC[C@]2(C1)CN(c1cnn(C)c1)C(=O)CN2C. The summed E-state index contributed by atoms with van der Waals surface area (Å²) >= 11 is 0. The number of furan rings is 1. The van der Waals surface area contributed by atoms with E-state index in [4.69, 9.17) is 4.42 Å². The molecule has 2 aromatic rings. The van der Waals surface area contributed by atoms with Gasteiger partial charge in [-0.3, -0.25) is 19.2 Å². The summed E-state index contributed by atoms with van der Waals surface area (Å²) in [6.07, 6.45) is 5.94. The molecule has 4 heterocycles. The van der Waals surface area contributed by atoms with Gasteiger partial charge in [-0.2, -0.15) is 5.10 Å². The van der Waals surface area contributed by atoms with E-state index in [1.54, 1.807) is 35.0 Å². The lowest BCUT2D eigenvalue weighted by Crippen LogP contribution is -2.64. The van der Waals surface area contributed by atoms with E-state index in [1.165, 1.54) is 0 Å². The first-order valence-corrected chi connectivity index (χ1v) is 8.73. The number of aromatic nitrogens is 2. The monoisotopic (exact) mass is 357 g/mol. The fraction of sp³-hybridized carbons (Fsp3) is 0.500. The number of carbonyl (C=O) groups is 2. The number of carbonyl (C=O) groups excluding carboxylic acids is 2. The van der Waals surface area contributed by atoms with Crippen LogP contribution in [0, 0.1) is 6.92 Å². The Kier molecular flexibility index (Phi) is 3.87. The molecule has 0 N–H and O–H groups in total. The molecule has 0 unspecified atom stereocenters. The fourth-order valence-corrected chi connectivity index (χ4v) is 3.99. The topological polar surface area (TPSA) is 74.8 Å². The highest BCUT2D eigenvalue weighted by Gasteiger charge is 2.49. The van der Waals surface area contributed by atoms with Gasteiger partial charge in [0, 0.05) is 32.9 Å². The van der Waals surface area contributed by atoms with Gasteiger partial charge in [0.1, 0.15) is 5.76 Å². The first kappa shape index (κ1) is 16.8. The van der Waals surface area contributed by atoms with Gasteiger partial charge < -0.3 is 14.2 Å². The first-order valence-electron chi connectivity index (χ1n) is 8.73. The summed E-state index contributed by atoms with van der Waals surface area (Å²) < 4.78 is 6.97. The van der Waals surface area contributed by atoms with Crippen LogP contribution in [-0.4, -0.2) is 70.2 Å². The second kappa shape index (κ2) is 5.98. The van der Waals surface area contributed by atoms with Crippen LogP contribution in [-0.2, 0) is 11.8 Å². The minimum atomic E-state index is -0.239. The normalized spacial score (nSPS) is 24.0. The average molecular weight is 357 g/mol. The number of likely N-dealkylation sites (tertiary alicyclic amines) is 1. The number of rotatable bonds is 2. The highest BCUT2D eigenvalue weighted by molar-refractivity contribution is 5.97. The number of aryl methyl sites for hydroxylation is 2. The van der Waals surface area contributed by atoms with Crippen molar-refractivity contribution in [3.05, 3.63) is 36.0 Å². The number of hydrogen-bond donors (Lipinski definition) is 0. The van der Waals surface area contributed by atoms with E-state index < -0.39 is 0 Å². The van der Waals surface area contributed by atoms with Crippen molar-refractivity contribution >= 4 is 17.5 Å². The smallest absolute Gasteiger partial charge is 0.257 e. The molecule has 2 aliphatic rings. The van der Waals surface area contributed by atoms with Gasteiger partial charge in [0.05, 0.1) is 35.8 Å². The van der Waals surface area contributed by atoms with Crippen molar-refractivity contribution in [2.24, 2.45) is 7.05 Å². The Labute approximate surface area is 151 Å². The van der Waals surface area contributed by atoms with Crippen LogP contribution in [0.3, 0.4) is 0 Å². The number of amides is 2. The molecule has 0 aliphatic carbocycles. The number of hydrogen-bond acceptors (Lipinski definition) is 5. The zero-order chi connectivity index (χ0) is 18.5. The Morgan fingerprint density at radius 1 is 1.31 bits per heavy atom. The van der Waals surface area contributed by atoms with E-state index in [2.05, 4.69) is 10.00 Å². The molecular formula is C18H23N5O3. The maximum absolute atomic E-state index is 12.8. The highest BCUT2D eigenvalue weighted by Crippen LogP contribution is 2.34. The van der Waals surface area contributed by atoms with Crippen molar-refractivity contribution in [3.8, 4) is 0 Å². The van der Waals surface area contributed by atoms with Crippen molar-refractivity contribution in [3.63, 3.8) is 0 Å². The Hall–Kier alpha value is -2.61. The van der Waals surface area contributed by atoms with E-state index >= 15 is 0 Å². The summed E-state index contributed by atoms with van der Waals surface area (Å²) in [6.45, 7) is 3.96. The van der Waals surface area contributed by atoms with Gasteiger partial charge in [0.2, 0.25) is 5.91 Å². The van der Waals surface area contributed by atoms with Crippen LogP contribution >= 0.6 is 0 Å². The van der Waals surface area contributed by atoms with Gasteiger partial charge in [-0.05, 0) is 26.5 Å². The molecule has 2 aliphatic heterocycles. The molecule has 8 nitrogen and oxygen atoms in total. The van der Waals surface area contributed by atoms with Crippen LogP contribution in [0.4, 0.5) is 5.69 Å². The Morgan fingerprint density at radius 2 is 2.12 bits per heavy atom. The third kappa shape index (κ3) is 2.61. The van der Waals surface area contributed by atoms with Gasteiger partial charge in [-0.25, -0.2) is 0 Å². The van der Waals surface area contributed by atoms with Gasteiger partial charge in [-0.15, -0.1) is 0 Å². The molecule has 0 saturated carbocycles. The third-order valence-corrected chi connectivity index (χ3v) is 5.65. The molecular weight excluding hydrogens is 334 g/mol. The van der Waals surface area contributed by atoms with Crippen LogP contribution in [0.5, 0.6) is 0 Å².